The molecule has 0 aromatic heterocycles. The Labute approximate surface area is 108 Å². The van der Waals surface area contributed by atoms with Crippen LogP contribution in [0.1, 0.15) is 26.3 Å². The van der Waals surface area contributed by atoms with E-state index in [0.29, 0.717) is 5.56 Å². The zero-order valence-corrected chi connectivity index (χ0v) is 10.3. The third kappa shape index (κ3) is 1.97. The van der Waals surface area contributed by atoms with Crippen molar-refractivity contribution < 1.29 is 24.3 Å². The Morgan fingerprint density at radius 3 is 2.26 bits per heavy atom. The Morgan fingerprint density at radius 1 is 1.11 bits per heavy atom. The van der Waals surface area contributed by atoms with Crippen molar-refractivity contribution in [3.05, 3.63) is 34.9 Å². The number of methoxy groups -OCH3 is 2. The molecule has 0 radical (unpaired) electrons. The lowest BCUT2D eigenvalue weighted by atomic mass is 9.91. The van der Waals surface area contributed by atoms with Crippen LogP contribution in [-0.4, -0.2) is 37.2 Å². The maximum atomic E-state index is 12.0. The van der Waals surface area contributed by atoms with Gasteiger partial charge in [-0.2, -0.15) is 0 Å². The number of fused-ring (bicyclic) bond motifs is 1. The summed E-state index contributed by atoms with van der Waals surface area (Å²) >= 11 is 0. The first-order valence-corrected chi connectivity index (χ1v) is 5.37. The van der Waals surface area contributed by atoms with Crippen LogP contribution in [0.3, 0.4) is 0 Å². The lowest BCUT2D eigenvalue weighted by molar-refractivity contribution is 0.0989. The molecule has 1 aromatic carbocycles. The van der Waals surface area contributed by atoms with E-state index in [4.69, 9.17) is 14.7 Å². The predicted molar refractivity (Wildman–Crippen MR) is 66.7 cm³/mol. The summed E-state index contributed by atoms with van der Waals surface area (Å²) in [6.45, 7) is 0. The van der Waals surface area contributed by atoms with Gasteiger partial charge in [-0.05, 0) is 18.2 Å². The number of carbonyl (C=O) groups is 2. The van der Waals surface area contributed by atoms with E-state index in [2.05, 4.69) is 5.16 Å². The number of rotatable bonds is 3. The van der Waals surface area contributed by atoms with E-state index >= 15 is 0 Å². The first-order valence-electron chi connectivity index (χ1n) is 5.37. The van der Waals surface area contributed by atoms with Crippen LogP contribution in [0, 0.1) is 0 Å². The second kappa shape index (κ2) is 4.93. The fourth-order valence-corrected chi connectivity index (χ4v) is 2.00. The molecule has 0 saturated heterocycles. The molecule has 19 heavy (non-hydrogen) atoms. The van der Waals surface area contributed by atoms with E-state index < -0.39 is 0 Å². The fraction of sp³-hybridized carbons (Fsp3) is 0.154. The van der Waals surface area contributed by atoms with Gasteiger partial charge in [-0.1, -0.05) is 5.16 Å². The highest BCUT2D eigenvalue weighted by atomic mass is 16.5. The molecule has 0 saturated carbocycles. The van der Waals surface area contributed by atoms with Crippen molar-refractivity contribution in [3.8, 4) is 11.5 Å². The highest BCUT2D eigenvalue weighted by Crippen LogP contribution is 2.36. The summed E-state index contributed by atoms with van der Waals surface area (Å²) in [7, 11) is 2.75. The van der Waals surface area contributed by atoms with Crippen molar-refractivity contribution in [2.24, 2.45) is 5.16 Å². The molecule has 0 aliphatic heterocycles. The van der Waals surface area contributed by atoms with E-state index in [9.17, 15) is 9.59 Å². The van der Waals surface area contributed by atoms with Crippen molar-refractivity contribution >= 4 is 17.8 Å². The van der Waals surface area contributed by atoms with Crippen LogP contribution in [0.25, 0.3) is 0 Å². The van der Waals surface area contributed by atoms with Crippen LogP contribution in [-0.2, 0) is 0 Å². The Kier molecular flexibility index (Phi) is 3.33. The normalized spacial score (nSPS) is 13.8. The number of hydrogen-bond donors (Lipinski definition) is 1. The van der Waals surface area contributed by atoms with Crippen molar-refractivity contribution in [2.75, 3.05) is 14.2 Å². The maximum absolute atomic E-state index is 12.0. The van der Waals surface area contributed by atoms with Gasteiger partial charge in [-0.3, -0.25) is 9.59 Å². The van der Waals surface area contributed by atoms with Gasteiger partial charge < -0.3 is 14.7 Å². The predicted octanol–water partition coefficient (Wildman–Crippen LogP) is 1.45. The highest BCUT2D eigenvalue weighted by Gasteiger charge is 2.29. The van der Waals surface area contributed by atoms with Crippen LogP contribution in [0.4, 0.5) is 0 Å². The first kappa shape index (κ1) is 12.8. The average molecular weight is 261 g/mol. The van der Waals surface area contributed by atoms with E-state index in [-0.39, 0.29) is 34.2 Å². The summed E-state index contributed by atoms with van der Waals surface area (Å²) in [6.07, 6.45) is 3.47. The van der Waals surface area contributed by atoms with Crippen LogP contribution in [0.5, 0.6) is 11.5 Å². The number of hydrogen-bond acceptors (Lipinski definition) is 6. The second-order valence-electron chi connectivity index (χ2n) is 3.76. The van der Waals surface area contributed by atoms with E-state index in [0.717, 1.165) is 6.21 Å². The fourth-order valence-electron chi connectivity index (χ4n) is 2.00. The molecule has 0 bridgehead atoms. The summed E-state index contributed by atoms with van der Waals surface area (Å²) in [5, 5.41) is 11.5. The standard InChI is InChI=1S/C13H11NO5/c1-18-10-5-7(6-14-17)13(19-2)12-9(16)4-3-8(15)11(10)12/h3-6,17H,1-2H3/b14-6+. The zero-order chi connectivity index (χ0) is 14.0. The minimum Gasteiger partial charge on any atom is -0.496 e. The van der Waals surface area contributed by atoms with Gasteiger partial charge in [0.1, 0.15) is 11.5 Å². The van der Waals surface area contributed by atoms with Crippen LogP contribution >= 0.6 is 0 Å². The summed E-state index contributed by atoms with van der Waals surface area (Å²) in [5.41, 5.74) is 0.614. The van der Waals surface area contributed by atoms with E-state index in [1.165, 1.54) is 32.4 Å². The highest BCUT2D eigenvalue weighted by molar-refractivity contribution is 6.25. The van der Waals surface area contributed by atoms with Crippen LogP contribution < -0.4 is 9.47 Å². The molecule has 0 atom stereocenters. The van der Waals surface area contributed by atoms with Gasteiger partial charge in [-0.15, -0.1) is 0 Å². The number of nitrogens with zero attached hydrogens (tertiary/aromatic N) is 1. The number of allylic oxidation sites excluding steroid dienone is 2. The molecule has 0 amide bonds. The molecule has 2 rings (SSSR count). The molecule has 0 unspecified atom stereocenters. The molecule has 98 valence electrons. The molecule has 6 nitrogen and oxygen atoms in total. The minimum atomic E-state index is -0.363. The quantitative estimate of drug-likeness (QED) is 0.505. The van der Waals surface area contributed by atoms with Gasteiger partial charge in [0.15, 0.2) is 11.6 Å². The lowest BCUT2D eigenvalue weighted by Gasteiger charge is -2.18. The molecule has 6 heteroatoms. The first-order chi connectivity index (χ1) is 9.13. The van der Waals surface area contributed by atoms with Gasteiger partial charge in [0.25, 0.3) is 0 Å². The summed E-state index contributed by atoms with van der Waals surface area (Å²) in [6, 6.07) is 1.47. The zero-order valence-electron chi connectivity index (χ0n) is 10.3. The van der Waals surface area contributed by atoms with Gasteiger partial charge >= 0.3 is 0 Å². The number of benzene rings is 1. The molecule has 1 N–H and O–H groups in total. The molecule has 1 aliphatic rings. The minimum absolute atomic E-state index is 0.115. The maximum Gasteiger partial charge on any atom is 0.190 e. The number of ether oxygens (including phenoxy) is 2. The molecular formula is C13H11NO5. The molecule has 0 fully saturated rings. The largest absolute Gasteiger partial charge is 0.496 e. The van der Waals surface area contributed by atoms with Crippen molar-refractivity contribution in [1.82, 2.24) is 0 Å². The third-order valence-electron chi connectivity index (χ3n) is 2.77. The van der Waals surface area contributed by atoms with Gasteiger partial charge in [0.05, 0.1) is 31.6 Å². The van der Waals surface area contributed by atoms with Crippen LogP contribution in [0.15, 0.2) is 23.4 Å². The Balaban J connectivity index is 2.85. The molecule has 0 heterocycles. The molecule has 1 aliphatic carbocycles. The number of oxime groups is 1. The summed E-state index contributed by atoms with van der Waals surface area (Å²) < 4.78 is 10.3. The SMILES string of the molecule is COc1cc(/C=N/O)c(OC)c2c1C(=O)C=CC2=O. The smallest absolute Gasteiger partial charge is 0.190 e. The topological polar surface area (TPSA) is 85.2 Å². The van der Waals surface area contributed by atoms with Crippen LogP contribution in [0.2, 0.25) is 0 Å². The Bertz CT molecular complexity index is 616. The second-order valence-corrected chi connectivity index (χ2v) is 3.76. The van der Waals surface area contributed by atoms with Gasteiger partial charge in [-0.25, -0.2) is 0 Å². The van der Waals surface area contributed by atoms with Gasteiger partial charge in [0, 0.05) is 5.56 Å². The van der Waals surface area contributed by atoms with E-state index in [1.807, 2.05) is 0 Å². The van der Waals surface area contributed by atoms with Crippen molar-refractivity contribution in [1.29, 1.82) is 0 Å². The van der Waals surface area contributed by atoms with Crippen molar-refractivity contribution in [3.63, 3.8) is 0 Å². The lowest BCUT2D eigenvalue weighted by Crippen LogP contribution is -2.16. The molecule has 1 aromatic rings. The monoisotopic (exact) mass is 261 g/mol. The number of carbonyl (C=O) groups excluding carboxylic acids is 2. The van der Waals surface area contributed by atoms with Crippen molar-refractivity contribution in [2.45, 2.75) is 0 Å². The molecule has 0 spiro atoms. The van der Waals surface area contributed by atoms with Gasteiger partial charge in [0.2, 0.25) is 0 Å². The number of ketones is 2. The Morgan fingerprint density at radius 2 is 1.74 bits per heavy atom. The van der Waals surface area contributed by atoms with E-state index in [1.54, 1.807) is 0 Å². The molecular weight excluding hydrogens is 250 g/mol. The third-order valence-corrected chi connectivity index (χ3v) is 2.77. The summed E-state index contributed by atoms with van der Waals surface area (Å²) in [5.74, 6) is -0.292. The Hall–Kier alpha value is -2.63. The summed E-state index contributed by atoms with van der Waals surface area (Å²) in [4.78, 5) is 23.8. The average Bonchev–Trinajstić information content (AvgIpc) is 2.42.